The third-order valence-corrected chi connectivity index (χ3v) is 4.18. The zero-order chi connectivity index (χ0) is 18.2. The van der Waals surface area contributed by atoms with Crippen molar-refractivity contribution in [1.29, 1.82) is 0 Å². The van der Waals surface area contributed by atoms with E-state index < -0.39 is 0 Å². The maximum atomic E-state index is 6.04. The van der Waals surface area contributed by atoms with E-state index in [0.717, 1.165) is 27.7 Å². The third-order valence-electron chi connectivity index (χ3n) is 3.95. The summed E-state index contributed by atoms with van der Waals surface area (Å²) in [5, 5.41) is 4.08. The lowest BCUT2D eigenvalue weighted by molar-refractivity contribution is 1.05. The summed E-state index contributed by atoms with van der Waals surface area (Å²) in [6.45, 7) is 12.4. The van der Waals surface area contributed by atoms with Crippen LogP contribution in [0.5, 0.6) is 0 Å². The van der Waals surface area contributed by atoms with Gasteiger partial charge >= 0.3 is 0 Å². The fourth-order valence-corrected chi connectivity index (χ4v) is 2.50. The fraction of sp³-hybridized carbons (Fsp3) is 0.136. The fourth-order valence-electron chi connectivity index (χ4n) is 2.31. The van der Waals surface area contributed by atoms with Crippen molar-refractivity contribution in [3.05, 3.63) is 101 Å². The molecule has 25 heavy (non-hydrogen) atoms. The van der Waals surface area contributed by atoms with Crippen LogP contribution in [0, 0.1) is 0 Å². The van der Waals surface area contributed by atoms with Crippen molar-refractivity contribution in [3.8, 4) is 0 Å². The van der Waals surface area contributed by atoms with Crippen LogP contribution in [0.4, 0.5) is 5.69 Å². The van der Waals surface area contributed by atoms with Gasteiger partial charge in [0.15, 0.2) is 0 Å². The average Bonchev–Trinajstić information content (AvgIpc) is 2.62. The molecule has 0 aliphatic carbocycles. The highest BCUT2D eigenvalue weighted by Crippen LogP contribution is 2.25. The van der Waals surface area contributed by atoms with E-state index in [1.807, 2.05) is 42.5 Å². The van der Waals surface area contributed by atoms with E-state index in [-0.39, 0.29) is 0 Å². The Kier molecular flexibility index (Phi) is 6.79. The summed E-state index contributed by atoms with van der Waals surface area (Å²) in [5.74, 6) is 0.821. The van der Waals surface area contributed by atoms with Crippen LogP contribution in [0.2, 0.25) is 5.02 Å². The highest BCUT2D eigenvalue weighted by Gasteiger charge is 2.13. The molecule has 1 heterocycles. The third kappa shape index (κ3) is 5.20. The molecular formula is C22H23ClN2. The minimum Gasteiger partial charge on any atom is -0.340 e. The first-order chi connectivity index (χ1) is 12.0. The van der Waals surface area contributed by atoms with Gasteiger partial charge in [-0.15, -0.1) is 0 Å². The van der Waals surface area contributed by atoms with Gasteiger partial charge in [0.2, 0.25) is 0 Å². The van der Waals surface area contributed by atoms with Crippen molar-refractivity contribution in [2.45, 2.75) is 20.4 Å². The Morgan fingerprint density at radius 3 is 2.60 bits per heavy atom. The number of nitrogens with one attached hydrogen (secondary N) is 1. The van der Waals surface area contributed by atoms with Crippen LogP contribution in [0.1, 0.15) is 19.4 Å². The van der Waals surface area contributed by atoms with E-state index in [0.29, 0.717) is 6.54 Å². The SMILES string of the molecule is C=C\C=C/C=C(C)/C(C)=C/C=C(\C=C)C1=NCc2cc(Cl)ccc2N1. The van der Waals surface area contributed by atoms with Crippen molar-refractivity contribution in [2.75, 3.05) is 5.32 Å². The van der Waals surface area contributed by atoms with Gasteiger partial charge in [-0.3, -0.25) is 4.99 Å². The molecule has 128 valence electrons. The molecule has 1 aromatic carbocycles. The summed E-state index contributed by atoms with van der Waals surface area (Å²) in [4.78, 5) is 4.61. The lowest BCUT2D eigenvalue weighted by Crippen LogP contribution is -2.19. The zero-order valence-electron chi connectivity index (χ0n) is 14.7. The minimum atomic E-state index is 0.609. The maximum absolute atomic E-state index is 6.04. The molecule has 0 amide bonds. The molecule has 2 rings (SSSR count). The van der Waals surface area contributed by atoms with Crippen molar-refractivity contribution in [3.63, 3.8) is 0 Å². The van der Waals surface area contributed by atoms with Gasteiger partial charge in [-0.2, -0.15) is 0 Å². The van der Waals surface area contributed by atoms with Crippen LogP contribution in [0.25, 0.3) is 0 Å². The summed E-state index contributed by atoms with van der Waals surface area (Å²) < 4.78 is 0. The minimum absolute atomic E-state index is 0.609. The average molecular weight is 351 g/mol. The van der Waals surface area contributed by atoms with E-state index >= 15 is 0 Å². The number of allylic oxidation sites excluding steroid dienone is 8. The monoisotopic (exact) mass is 350 g/mol. The van der Waals surface area contributed by atoms with E-state index in [2.05, 4.69) is 49.5 Å². The molecule has 0 fully saturated rings. The zero-order valence-corrected chi connectivity index (χ0v) is 15.5. The normalized spacial score (nSPS) is 15.5. The van der Waals surface area contributed by atoms with Crippen LogP contribution in [0.15, 0.2) is 95.6 Å². The highest BCUT2D eigenvalue weighted by molar-refractivity contribution is 6.30. The molecular weight excluding hydrogens is 328 g/mol. The number of rotatable bonds is 6. The first-order valence-electron chi connectivity index (χ1n) is 8.12. The van der Waals surface area contributed by atoms with Gasteiger partial charge in [-0.05, 0) is 48.8 Å². The van der Waals surface area contributed by atoms with E-state index in [9.17, 15) is 0 Å². The lowest BCUT2D eigenvalue weighted by atomic mass is 10.1. The van der Waals surface area contributed by atoms with Crippen LogP contribution in [0.3, 0.4) is 0 Å². The molecule has 0 saturated heterocycles. The number of halogens is 1. The van der Waals surface area contributed by atoms with E-state index in [1.165, 1.54) is 11.1 Å². The number of benzene rings is 1. The molecule has 1 aliphatic heterocycles. The van der Waals surface area contributed by atoms with Crippen LogP contribution in [-0.2, 0) is 6.54 Å². The predicted octanol–water partition coefficient (Wildman–Crippen LogP) is 6.41. The Hall–Kier alpha value is -2.58. The van der Waals surface area contributed by atoms with Gasteiger partial charge in [0.05, 0.1) is 6.54 Å². The summed E-state index contributed by atoms with van der Waals surface area (Å²) in [6, 6.07) is 5.80. The lowest BCUT2D eigenvalue weighted by Gasteiger charge is -2.19. The van der Waals surface area contributed by atoms with Crippen LogP contribution >= 0.6 is 11.6 Å². The van der Waals surface area contributed by atoms with Gasteiger partial charge in [-0.25, -0.2) is 0 Å². The summed E-state index contributed by atoms with van der Waals surface area (Å²) in [5.41, 5.74) is 5.45. The molecule has 3 heteroatoms. The maximum Gasteiger partial charge on any atom is 0.133 e. The molecule has 0 bridgehead atoms. The molecule has 2 nitrogen and oxygen atoms in total. The number of anilines is 1. The molecule has 0 aromatic heterocycles. The molecule has 0 unspecified atom stereocenters. The Morgan fingerprint density at radius 2 is 1.88 bits per heavy atom. The van der Waals surface area contributed by atoms with Gasteiger partial charge in [-0.1, -0.05) is 67.3 Å². The van der Waals surface area contributed by atoms with Crippen LogP contribution < -0.4 is 5.32 Å². The van der Waals surface area contributed by atoms with Gasteiger partial charge in [0, 0.05) is 16.3 Å². The number of hydrogen-bond acceptors (Lipinski definition) is 2. The molecule has 1 N–H and O–H groups in total. The van der Waals surface area contributed by atoms with E-state index in [4.69, 9.17) is 11.6 Å². The molecule has 0 spiro atoms. The Balaban J connectivity index is 2.20. The number of amidine groups is 1. The van der Waals surface area contributed by atoms with Gasteiger partial charge in [0.25, 0.3) is 0 Å². The smallest absolute Gasteiger partial charge is 0.133 e. The van der Waals surface area contributed by atoms with Crippen molar-refractivity contribution in [2.24, 2.45) is 4.99 Å². The number of nitrogens with zero attached hydrogens (tertiary/aromatic N) is 1. The Morgan fingerprint density at radius 1 is 1.12 bits per heavy atom. The summed E-state index contributed by atoms with van der Waals surface area (Å²) in [6.07, 6.45) is 13.6. The summed E-state index contributed by atoms with van der Waals surface area (Å²) >= 11 is 6.04. The molecule has 0 saturated carbocycles. The Bertz CT molecular complexity index is 820. The number of fused-ring (bicyclic) bond motifs is 1. The van der Waals surface area contributed by atoms with Crippen molar-refractivity contribution >= 4 is 23.1 Å². The van der Waals surface area contributed by atoms with Crippen molar-refractivity contribution in [1.82, 2.24) is 0 Å². The van der Waals surface area contributed by atoms with Crippen molar-refractivity contribution < 1.29 is 0 Å². The van der Waals surface area contributed by atoms with Crippen LogP contribution in [-0.4, -0.2) is 5.84 Å². The first kappa shape index (κ1) is 18.8. The topological polar surface area (TPSA) is 24.4 Å². The second-order valence-corrected chi connectivity index (χ2v) is 6.17. The number of hydrogen-bond donors (Lipinski definition) is 1. The summed E-state index contributed by atoms with van der Waals surface area (Å²) in [7, 11) is 0. The Labute approximate surface area is 155 Å². The largest absolute Gasteiger partial charge is 0.340 e. The second-order valence-electron chi connectivity index (χ2n) is 5.74. The predicted molar refractivity (Wildman–Crippen MR) is 111 cm³/mol. The molecule has 1 aliphatic rings. The quantitative estimate of drug-likeness (QED) is 0.589. The highest BCUT2D eigenvalue weighted by atomic mass is 35.5. The van der Waals surface area contributed by atoms with Gasteiger partial charge < -0.3 is 5.32 Å². The first-order valence-corrected chi connectivity index (χ1v) is 8.50. The standard InChI is InChI=1S/C22H23ClN2/c1-5-7-8-9-16(3)17(4)10-11-18(6-2)22-24-15-19-14-20(23)12-13-21(19)25-22/h5-14H,1-2,15H2,3-4H3,(H,24,25)/b8-7-,16-9+,17-10+,18-11+. The number of aliphatic imine (C=N–C) groups is 1. The van der Waals surface area contributed by atoms with E-state index in [1.54, 1.807) is 6.08 Å². The van der Waals surface area contributed by atoms with Gasteiger partial charge in [0.1, 0.15) is 5.84 Å². The molecule has 0 radical (unpaired) electrons. The second kappa shape index (κ2) is 9.05. The molecule has 1 aromatic rings. The molecule has 0 atom stereocenters.